The molecule has 0 aromatic carbocycles. The lowest BCUT2D eigenvalue weighted by Gasteiger charge is -2.15. The maximum absolute atomic E-state index is 5.17. The first-order chi connectivity index (χ1) is 7.67. The van der Waals surface area contributed by atoms with Crippen LogP contribution in [0.2, 0.25) is 0 Å². The van der Waals surface area contributed by atoms with E-state index in [0.29, 0.717) is 22.7 Å². The second-order valence-electron chi connectivity index (χ2n) is 3.46. The van der Waals surface area contributed by atoms with Crippen molar-refractivity contribution in [1.29, 1.82) is 0 Å². The van der Waals surface area contributed by atoms with Crippen molar-refractivity contribution in [2.75, 3.05) is 12.4 Å². The lowest BCUT2D eigenvalue weighted by atomic mass is 10.3. The Bertz CT molecular complexity index is 357. The maximum Gasteiger partial charge on any atom is 0.174 e. The normalized spacial score (nSPS) is 11.7. The summed E-state index contributed by atoms with van der Waals surface area (Å²) in [6, 6.07) is 3.99. The summed E-state index contributed by atoms with van der Waals surface area (Å²) in [4.78, 5) is 4.16. The minimum absolute atomic E-state index is 0.342. The molecule has 0 aliphatic heterocycles. The van der Waals surface area contributed by atoms with Crippen LogP contribution in [0.25, 0.3) is 0 Å². The molecule has 1 atom stereocenters. The largest absolute Gasteiger partial charge is 0.493 e. The fourth-order valence-electron chi connectivity index (χ4n) is 1.12. The van der Waals surface area contributed by atoms with Gasteiger partial charge in [-0.15, -0.1) is 0 Å². The number of pyridine rings is 1. The zero-order chi connectivity index (χ0) is 12.0. The van der Waals surface area contributed by atoms with Gasteiger partial charge >= 0.3 is 0 Å². The molecule has 0 fully saturated rings. The van der Waals surface area contributed by atoms with Crippen molar-refractivity contribution in [3.05, 3.63) is 18.3 Å². The molecule has 1 heterocycles. The highest BCUT2D eigenvalue weighted by molar-refractivity contribution is 7.80. The number of methoxy groups -OCH3 is 1. The third-order valence-corrected chi connectivity index (χ3v) is 2.43. The van der Waals surface area contributed by atoms with Crippen LogP contribution in [0, 0.1) is 0 Å². The lowest BCUT2D eigenvalue weighted by molar-refractivity contribution is 0.415. The van der Waals surface area contributed by atoms with Crippen LogP contribution >= 0.6 is 12.2 Å². The molecule has 0 radical (unpaired) electrons. The second kappa shape index (κ2) is 6.27. The SMILES string of the molecule is CC[C@@H](C)NC(=S)Nc1ncccc1OC. The van der Waals surface area contributed by atoms with E-state index in [1.165, 1.54) is 0 Å². The third-order valence-electron chi connectivity index (χ3n) is 2.21. The number of hydrogen-bond donors (Lipinski definition) is 2. The molecule has 1 aromatic heterocycles. The number of rotatable bonds is 4. The fraction of sp³-hybridized carbons (Fsp3) is 0.455. The zero-order valence-corrected chi connectivity index (χ0v) is 10.6. The Morgan fingerprint density at radius 2 is 2.38 bits per heavy atom. The number of anilines is 1. The molecular formula is C11H17N3OS. The first-order valence-electron chi connectivity index (χ1n) is 5.24. The maximum atomic E-state index is 5.17. The summed E-state index contributed by atoms with van der Waals surface area (Å²) in [6.07, 6.45) is 2.71. The number of aromatic nitrogens is 1. The molecule has 0 bridgehead atoms. The van der Waals surface area contributed by atoms with Gasteiger partial charge in [-0.2, -0.15) is 0 Å². The topological polar surface area (TPSA) is 46.2 Å². The summed E-state index contributed by atoms with van der Waals surface area (Å²) in [7, 11) is 1.60. The molecule has 2 N–H and O–H groups in total. The summed E-state index contributed by atoms with van der Waals surface area (Å²) in [5.41, 5.74) is 0. The van der Waals surface area contributed by atoms with Crippen LogP contribution in [0.5, 0.6) is 5.75 Å². The van der Waals surface area contributed by atoms with E-state index in [-0.39, 0.29) is 0 Å². The van der Waals surface area contributed by atoms with Gasteiger partial charge in [-0.25, -0.2) is 4.98 Å². The number of nitrogens with zero attached hydrogens (tertiary/aromatic N) is 1. The second-order valence-corrected chi connectivity index (χ2v) is 3.87. The van der Waals surface area contributed by atoms with Gasteiger partial charge in [-0.05, 0) is 37.7 Å². The molecular weight excluding hydrogens is 222 g/mol. The molecule has 16 heavy (non-hydrogen) atoms. The van der Waals surface area contributed by atoms with E-state index >= 15 is 0 Å². The molecule has 5 heteroatoms. The molecule has 0 saturated heterocycles. The Hall–Kier alpha value is -1.36. The lowest BCUT2D eigenvalue weighted by Crippen LogP contribution is -2.35. The van der Waals surface area contributed by atoms with Crippen molar-refractivity contribution in [2.24, 2.45) is 0 Å². The van der Waals surface area contributed by atoms with Gasteiger partial charge < -0.3 is 15.4 Å². The minimum atomic E-state index is 0.342. The van der Waals surface area contributed by atoms with E-state index in [1.54, 1.807) is 13.3 Å². The molecule has 0 aliphatic rings. The van der Waals surface area contributed by atoms with Gasteiger partial charge in [-0.3, -0.25) is 0 Å². The molecule has 0 amide bonds. The standard InChI is InChI=1S/C11H17N3OS/c1-4-8(2)13-11(16)14-10-9(15-3)6-5-7-12-10/h5-8H,4H2,1-3H3,(H2,12,13,14,16)/t8-/m1/s1. The van der Waals surface area contributed by atoms with E-state index < -0.39 is 0 Å². The monoisotopic (exact) mass is 239 g/mol. The summed E-state index contributed by atoms with van der Waals surface area (Å²) >= 11 is 5.17. The third kappa shape index (κ3) is 3.66. The number of ether oxygens (including phenoxy) is 1. The van der Waals surface area contributed by atoms with Crippen LogP contribution in [0.3, 0.4) is 0 Å². The van der Waals surface area contributed by atoms with Crippen molar-refractivity contribution in [3.8, 4) is 5.75 Å². The van der Waals surface area contributed by atoms with Crippen molar-refractivity contribution in [1.82, 2.24) is 10.3 Å². The Kier molecular flexibility index (Phi) is 4.98. The molecule has 4 nitrogen and oxygen atoms in total. The first kappa shape index (κ1) is 12.7. The van der Waals surface area contributed by atoms with Gasteiger partial charge in [0.2, 0.25) is 0 Å². The Labute approximate surface area is 101 Å². The molecule has 0 spiro atoms. The van der Waals surface area contributed by atoms with Gasteiger partial charge in [0.05, 0.1) is 7.11 Å². The average Bonchev–Trinajstić information content (AvgIpc) is 2.29. The predicted molar refractivity (Wildman–Crippen MR) is 69.9 cm³/mol. The molecule has 0 saturated carbocycles. The van der Waals surface area contributed by atoms with Crippen LogP contribution in [0.4, 0.5) is 5.82 Å². The highest BCUT2D eigenvalue weighted by Gasteiger charge is 2.06. The molecule has 0 aliphatic carbocycles. The number of nitrogens with one attached hydrogen (secondary N) is 2. The molecule has 1 rings (SSSR count). The molecule has 88 valence electrons. The predicted octanol–water partition coefficient (Wildman–Crippen LogP) is 2.18. The Morgan fingerprint density at radius 1 is 1.62 bits per heavy atom. The summed E-state index contributed by atoms with van der Waals surface area (Å²) in [5.74, 6) is 1.31. The van der Waals surface area contributed by atoms with Crippen molar-refractivity contribution in [3.63, 3.8) is 0 Å². The van der Waals surface area contributed by atoms with Crippen molar-refractivity contribution >= 4 is 23.1 Å². The van der Waals surface area contributed by atoms with Crippen LogP contribution in [0.15, 0.2) is 18.3 Å². The van der Waals surface area contributed by atoms with Crippen molar-refractivity contribution in [2.45, 2.75) is 26.3 Å². The molecule has 0 unspecified atom stereocenters. The van der Waals surface area contributed by atoms with E-state index in [4.69, 9.17) is 17.0 Å². The zero-order valence-electron chi connectivity index (χ0n) is 9.78. The van der Waals surface area contributed by atoms with Gasteiger partial charge in [0.1, 0.15) is 0 Å². The van der Waals surface area contributed by atoms with Crippen LogP contribution in [-0.2, 0) is 0 Å². The minimum Gasteiger partial charge on any atom is -0.493 e. The quantitative estimate of drug-likeness (QED) is 0.789. The van der Waals surface area contributed by atoms with Crippen LogP contribution in [-0.4, -0.2) is 23.2 Å². The van der Waals surface area contributed by atoms with Crippen LogP contribution in [0.1, 0.15) is 20.3 Å². The summed E-state index contributed by atoms with van der Waals surface area (Å²) in [6.45, 7) is 4.17. The summed E-state index contributed by atoms with van der Waals surface area (Å²) in [5, 5.41) is 6.73. The number of hydrogen-bond acceptors (Lipinski definition) is 3. The van der Waals surface area contributed by atoms with Crippen molar-refractivity contribution < 1.29 is 4.74 Å². The van der Waals surface area contributed by atoms with E-state index in [0.717, 1.165) is 6.42 Å². The number of thiocarbonyl (C=S) groups is 1. The smallest absolute Gasteiger partial charge is 0.174 e. The highest BCUT2D eigenvalue weighted by Crippen LogP contribution is 2.19. The Balaban J connectivity index is 2.62. The Morgan fingerprint density at radius 3 is 3.00 bits per heavy atom. The van der Waals surface area contributed by atoms with Crippen LogP contribution < -0.4 is 15.4 Å². The average molecular weight is 239 g/mol. The summed E-state index contributed by atoms with van der Waals surface area (Å²) < 4.78 is 5.17. The molecule has 1 aromatic rings. The van der Waals surface area contributed by atoms with Gasteiger partial charge in [0.15, 0.2) is 16.7 Å². The highest BCUT2D eigenvalue weighted by atomic mass is 32.1. The van der Waals surface area contributed by atoms with Gasteiger partial charge in [-0.1, -0.05) is 6.92 Å². The first-order valence-corrected chi connectivity index (χ1v) is 5.64. The van der Waals surface area contributed by atoms with Gasteiger partial charge in [0, 0.05) is 12.2 Å². The van der Waals surface area contributed by atoms with E-state index in [9.17, 15) is 0 Å². The van der Waals surface area contributed by atoms with Gasteiger partial charge in [0.25, 0.3) is 0 Å². The van der Waals surface area contributed by atoms with E-state index in [2.05, 4.69) is 29.5 Å². The fourth-order valence-corrected chi connectivity index (χ4v) is 1.42. The van der Waals surface area contributed by atoms with E-state index in [1.807, 2.05) is 12.1 Å².